The first-order valence-electron chi connectivity index (χ1n) is 11.3. The van der Waals surface area contributed by atoms with Crippen molar-refractivity contribution in [1.29, 1.82) is 0 Å². The molecule has 1 aromatic heterocycles. The highest BCUT2D eigenvalue weighted by Gasteiger charge is 2.18. The van der Waals surface area contributed by atoms with Gasteiger partial charge >= 0.3 is 5.97 Å². The molecule has 0 unspecified atom stereocenters. The molecule has 3 aromatic rings. The Kier molecular flexibility index (Phi) is 9.24. The van der Waals surface area contributed by atoms with E-state index in [0.717, 1.165) is 55.2 Å². The summed E-state index contributed by atoms with van der Waals surface area (Å²) in [6.45, 7) is 3.70. The molecule has 0 spiro atoms. The molecule has 0 saturated carbocycles. The van der Waals surface area contributed by atoms with Crippen molar-refractivity contribution < 1.29 is 32.6 Å². The van der Waals surface area contributed by atoms with Crippen LogP contribution in [-0.2, 0) is 4.79 Å². The molecule has 0 aliphatic rings. The molecule has 2 aromatic carbocycles. The van der Waals surface area contributed by atoms with Crippen LogP contribution in [0.25, 0.3) is 17.3 Å². The van der Waals surface area contributed by atoms with E-state index in [0.29, 0.717) is 6.61 Å². The van der Waals surface area contributed by atoms with Crippen molar-refractivity contribution >= 4 is 34.4 Å². The third kappa shape index (κ3) is 6.72. The number of carboxylic acids is 1. The molecule has 1 amide bonds. The lowest BCUT2D eigenvalue weighted by molar-refractivity contribution is -0.132. The maximum Gasteiger partial charge on any atom is 0.331 e. The fourth-order valence-electron chi connectivity index (χ4n) is 3.29. The van der Waals surface area contributed by atoms with Gasteiger partial charge in [-0.2, -0.15) is 0 Å². The number of amides is 1. The zero-order valence-corrected chi connectivity index (χ0v) is 20.6. The van der Waals surface area contributed by atoms with Gasteiger partial charge in [-0.25, -0.2) is 22.9 Å². The number of carbonyl (C=O) groups is 2. The number of benzene rings is 2. The summed E-state index contributed by atoms with van der Waals surface area (Å²) in [6, 6.07) is 6.32. The molecule has 0 radical (unpaired) electrons. The number of halogens is 3. The SMILES string of the molecule is CCCCCCOc1cccc(-c2csc(NC(=O)c3cc(F)c(/C=C(\C)C(=O)O)c(F)c3)n2)c1F. The van der Waals surface area contributed by atoms with Gasteiger partial charge in [0.1, 0.15) is 11.6 Å². The molecule has 0 saturated heterocycles. The Bertz CT molecular complexity index is 1270. The number of nitrogens with one attached hydrogen (secondary N) is 1. The fourth-order valence-corrected chi connectivity index (χ4v) is 3.99. The molecule has 0 atom stereocenters. The average molecular weight is 519 g/mol. The molecule has 3 rings (SSSR count). The molecule has 36 heavy (non-hydrogen) atoms. The van der Waals surface area contributed by atoms with Crippen LogP contribution in [0.5, 0.6) is 5.75 Å². The van der Waals surface area contributed by atoms with E-state index in [1.54, 1.807) is 11.4 Å². The van der Waals surface area contributed by atoms with E-state index in [9.17, 15) is 22.8 Å². The van der Waals surface area contributed by atoms with Crippen molar-refractivity contribution in [3.63, 3.8) is 0 Å². The molecule has 2 N–H and O–H groups in total. The third-order valence-corrected chi connectivity index (χ3v) is 6.02. The topological polar surface area (TPSA) is 88.5 Å². The summed E-state index contributed by atoms with van der Waals surface area (Å²) >= 11 is 1.02. The van der Waals surface area contributed by atoms with Crippen LogP contribution in [0.4, 0.5) is 18.3 Å². The van der Waals surface area contributed by atoms with Crippen LogP contribution >= 0.6 is 11.3 Å². The molecule has 1 heterocycles. The van der Waals surface area contributed by atoms with Crippen LogP contribution in [-0.4, -0.2) is 28.6 Å². The number of aliphatic carboxylic acids is 1. The summed E-state index contributed by atoms with van der Waals surface area (Å²) < 4.78 is 49.3. The van der Waals surface area contributed by atoms with E-state index in [4.69, 9.17) is 9.84 Å². The lowest BCUT2D eigenvalue weighted by atomic mass is 10.1. The molecule has 0 bridgehead atoms. The number of rotatable bonds is 11. The number of thiazole rings is 1. The first-order valence-corrected chi connectivity index (χ1v) is 12.2. The summed E-state index contributed by atoms with van der Waals surface area (Å²) in [6.07, 6.45) is 4.85. The monoisotopic (exact) mass is 518 g/mol. The number of anilines is 1. The first-order chi connectivity index (χ1) is 17.2. The summed E-state index contributed by atoms with van der Waals surface area (Å²) in [5.41, 5.74) is -0.688. The predicted octanol–water partition coefficient (Wildman–Crippen LogP) is 6.93. The average Bonchev–Trinajstić information content (AvgIpc) is 3.29. The van der Waals surface area contributed by atoms with Crippen LogP contribution in [0.2, 0.25) is 0 Å². The van der Waals surface area contributed by atoms with Gasteiger partial charge in [-0.15, -0.1) is 11.3 Å². The van der Waals surface area contributed by atoms with Gasteiger partial charge < -0.3 is 9.84 Å². The van der Waals surface area contributed by atoms with Gasteiger partial charge in [0.05, 0.1) is 12.3 Å². The van der Waals surface area contributed by atoms with Gasteiger partial charge in [-0.3, -0.25) is 10.1 Å². The zero-order valence-electron chi connectivity index (χ0n) is 19.7. The van der Waals surface area contributed by atoms with Crippen molar-refractivity contribution in [2.45, 2.75) is 39.5 Å². The smallest absolute Gasteiger partial charge is 0.331 e. The van der Waals surface area contributed by atoms with E-state index in [-0.39, 0.29) is 33.3 Å². The molecule has 0 aliphatic heterocycles. The number of carboxylic acid groups (broad SMARTS) is 1. The van der Waals surface area contributed by atoms with E-state index in [1.807, 2.05) is 0 Å². The van der Waals surface area contributed by atoms with Crippen LogP contribution in [0, 0.1) is 17.5 Å². The Labute approximate surface area is 210 Å². The normalized spacial score (nSPS) is 11.4. The quantitative estimate of drug-likeness (QED) is 0.212. The largest absolute Gasteiger partial charge is 0.490 e. The molecule has 0 aliphatic carbocycles. The number of aromatic nitrogens is 1. The van der Waals surface area contributed by atoms with Gasteiger partial charge in [0.25, 0.3) is 5.91 Å². The third-order valence-electron chi connectivity index (χ3n) is 5.26. The Morgan fingerprint density at radius 1 is 1.14 bits per heavy atom. The maximum absolute atomic E-state index is 15.0. The Hall–Kier alpha value is -3.66. The summed E-state index contributed by atoms with van der Waals surface area (Å²) in [4.78, 5) is 27.7. The van der Waals surface area contributed by atoms with Crippen LogP contribution in [0.3, 0.4) is 0 Å². The molecular formula is C26H25F3N2O4S. The van der Waals surface area contributed by atoms with Crippen molar-refractivity contribution in [1.82, 2.24) is 4.98 Å². The highest BCUT2D eigenvalue weighted by Crippen LogP contribution is 2.32. The number of ether oxygens (including phenoxy) is 1. The maximum atomic E-state index is 15.0. The number of carbonyl (C=O) groups excluding carboxylic acids is 1. The second kappa shape index (κ2) is 12.3. The zero-order chi connectivity index (χ0) is 26.2. The summed E-state index contributed by atoms with van der Waals surface area (Å²) in [5, 5.41) is 13.0. The first kappa shape index (κ1) is 26.9. The van der Waals surface area contributed by atoms with Crippen molar-refractivity contribution in [2.24, 2.45) is 0 Å². The summed E-state index contributed by atoms with van der Waals surface area (Å²) in [7, 11) is 0. The molecule has 190 valence electrons. The van der Waals surface area contributed by atoms with Gasteiger partial charge in [0.15, 0.2) is 16.7 Å². The minimum Gasteiger partial charge on any atom is -0.490 e. The standard InChI is InChI=1S/C26H25F3N2O4S/c1-3-4-5-6-10-35-22-9-7-8-17(23(22)29)21-14-36-26(30-21)31-24(32)16-12-19(27)18(20(28)13-16)11-15(2)25(33)34/h7-9,11-14H,3-6,10H2,1-2H3,(H,33,34)(H,30,31,32)/b15-11+. The van der Waals surface area contributed by atoms with E-state index < -0.39 is 34.9 Å². The van der Waals surface area contributed by atoms with Gasteiger partial charge in [-0.05, 0) is 43.7 Å². The molecule has 6 nitrogen and oxygen atoms in total. The molecule has 10 heteroatoms. The van der Waals surface area contributed by atoms with Crippen LogP contribution in [0.15, 0.2) is 41.3 Å². The fraction of sp³-hybridized carbons (Fsp3) is 0.269. The number of hydrogen-bond donors (Lipinski definition) is 2. The van der Waals surface area contributed by atoms with Gasteiger partial charge in [0, 0.05) is 27.6 Å². The van der Waals surface area contributed by atoms with Crippen LogP contribution < -0.4 is 10.1 Å². The van der Waals surface area contributed by atoms with Gasteiger partial charge in [0.2, 0.25) is 0 Å². The highest BCUT2D eigenvalue weighted by atomic mass is 32.1. The Balaban J connectivity index is 1.73. The highest BCUT2D eigenvalue weighted by molar-refractivity contribution is 7.14. The number of hydrogen-bond acceptors (Lipinski definition) is 5. The number of nitrogens with zero attached hydrogens (tertiary/aromatic N) is 1. The van der Waals surface area contributed by atoms with Crippen molar-refractivity contribution in [3.8, 4) is 17.0 Å². The Morgan fingerprint density at radius 3 is 2.53 bits per heavy atom. The van der Waals surface area contributed by atoms with Crippen LogP contribution in [0.1, 0.15) is 55.5 Å². The lowest BCUT2D eigenvalue weighted by Gasteiger charge is -2.09. The minimum absolute atomic E-state index is 0.104. The summed E-state index contributed by atoms with van der Waals surface area (Å²) in [5.74, 6) is -4.79. The van der Waals surface area contributed by atoms with E-state index >= 15 is 0 Å². The second-order valence-electron chi connectivity index (χ2n) is 8.00. The lowest BCUT2D eigenvalue weighted by Crippen LogP contribution is -2.13. The minimum atomic E-state index is -1.32. The van der Waals surface area contributed by atoms with Crippen molar-refractivity contribution in [2.75, 3.05) is 11.9 Å². The van der Waals surface area contributed by atoms with Crippen molar-refractivity contribution in [3.05, 3.63) is 69.9 Å². The predicted molar refractivity (Wildman–Crippen MR) is 133 cm³/mol. The van der Waals surface area contributed by atoms with E-state index in [2.05, 4.69) is 17.2 Å². The van der Waals surface area contributed by atoms with E-state index in [1.165, 1.54) is 19.1 Å². The Morgan fingerprint density at radius 2 is 1.86 bits per heavy atom. The molecular weight excluding hydrogens is 493 g/mol. The second-order valence-corrected chi connectivity index (χ2v) is 8.86. The number of unbranched alkanes of at least 4 members (excludes halogenated alkanes) is 3. The van der Waals surface area contributed by atoms with Gasteiger partial charge in [-0.1, -0.05) is 32.3 Å². The molecule has 0 fully saturated rings.